The number of para-hydroxylation sites is 2. The molecule has 0 radical (unpaired) electrons. The van der Waals surface area contributed by atoms with Gasteiger partial charge in [0.1, 0.15) is 0 Å². The van der Waals surface area contributed by atoms with Crippen molar-refractivity contribution in [3.05, 3.63) is 84.2 Å². The fourth-order valence-electron chi connectivity index (χ4n) is 5.03. The van der Waals surface area contributed by atoms with Crippen molar-refractivity contribution >= 4 is 11.6 Å². The molecule has 1 amide bonds. The third-order valence-corrected chi connectivity index (χ3v) is 6.86. The lowest BCUT2D eigenvalue weighted by molar-refractivity contribution is 0.0738. The van der Waals surface area contributed by atoms with Crippen molar-refractivity contribution in [3.63, 3.8) is 0 Å². The zero-order valence-corrected chi connectivity index (χ0v) is 19.0. The Kier molecular flexibility index (Phi) is 6.46. The van der Waals surface area contributed by atoms with Gasteiger partial charge >= 0.3 is 0 Å². The summed E-state index contributed by atoms with van der Waals surface area (Å²) in [4.78, 5) is 20.1. The SMILES string of the molecule is O=C1c2ccn(-c3ccccc3)c2C(O)CCN1CCCN1CCN(c2ccccc2)CC1. The first-order valence-corrected chi connectivity index (χ1v) is 12.0. The van der Waals surface area contributed by atoms with Crippen LogP contribution < -0.4 is 4.90 Å². The molecule has 1 aromatic heterocycles. The summed E-state index contributed by atoms with van der Waals surface area (Å²) in [6.07, 6.45) is 2.76. The molecule has 6 heteroatoms. The second-order valence-corrected chi connectivity index (χ2v) is 8.93. The van der Waals surface area contributed by atoms with E-state index in [4.69, 9.17) is 0 Å². The molecule has 0 aliphatic carbocycles. The number of fused-ring (bicyclic) bond motifs is 1. The van der Waals surface area contributed by atoms with E-state index in [1.54, 1.807) is 0 Å². The molecule has 0 spiro atoms. The van der Waals surface area contributed by atoms with Crippen molar-refractivity contribution in [3.8, 4) is 5.69 Å². The number of hydrogen-bond acceptors (Lipinski definition) is 4. The quantitative estimate of drug-likeness (QED) is 0.632. The van der Waals surface area contributed by atoms with Gasteiger partial charge in [0.15, 0.2) is 0 Å². The van der Waals surface area contributed by atoms with Crippen LogP contribution >= 0.6 is 0 Å². The van der Waals surface area contributed by atoms with Gasteiger partial charge in [-0.15, -0.1) is 0 Å². The van der Waals surface area contributed by atoms with Crippen molar-refractivity contribution in [1.29, 1.82) is 0 Å². The molecule has 5 rings (SSSR count). The van der Waals surface area contributed by atoms with Gasteiger partial charge in [0.05, 0.1) is 17.4 Å². The number of anilines is 1. The summed E-state index contributed by atoms with van der Waals surface area (Å²) in [5.74, 6) is 0.0325. The average molecular weight is 445 g/mol. The van der Waals surface area contributed by atoms with E-state index in [0.717, 1.165) is 51.4 Å². The molecular formula is C27H32N4O2. The first kappa shape index (κ1) is 21.7. The van der Waals surface area contributed by atoms with Gasteiger partial charge in [0.25, 0.3) is 5.91 Å². The van der Waals surface area contributed by atoms with E-state index in [2.05, 4.69) is 40.1 Å². The highest BCUT2D eigenvalue weighted by Crippen LogP contribution is 2.30. The van der Waals surface area contributed by atoms with Crippen molar-refractivity contribution < 1.29 is 9.90 Å². The summed E-state index contributed by atoms with van der Waals surface area (Å²) in [6, 6.07) is 22.4. The van der Waals surface area contributed by atoms with E-state index >= 15 is 0 Å². The number of aliphatic hydroxyl groups excluding tert-OH is 1. The predicted octanol–water partition coefficient (Wildman–Crippen LogP) is 3.57. The van der Waals surface area contributed by atoms with Crippen LogP contribution in [0.4, 0.5) is 5.69 Å². The van der Waals surface area contributed by atoms with E-state index < -0.39 is 6.10 Å². The highest BCUT2D eigenvalue weighted by molar-refractivity contribution is 5.96. The van der Waals surface area contributed by atoms with E-state index in [-0.39, 0.29) is 5.91 Å². The van der Waals surface area contributed by atoms with Crippen LogP contribution in [0.2, 0.25) is 0 Å². The monoisotopic (exact) mass is 444 g/mol. The molecule has 3 heterocycles. The first-order chi connectivity index (χ1) is 16.2. The molecule has 2 aromatic carbocycles. The molecule has 1 unspecified atom stereocenters. The normalized spacial score (nSPS) is 19.4. The summed E-state index contributed by atoms with van der Waals surface area (Å²) >= 11 is 0. The van der Waals surface area contributed by atoms with Crippen LogP contribution in [0.15, 0.2) is 72.9 Å². The molecule has 1 saturated heterocycles. The standard InChI is InChI=1S/C27H32N4O2/c32-25-13-16-30(27(33)24-12-17-31(26(24)25)23-10-5-2-6-11-23)15-7-14-28-18-20-29(21-19-28)22-8-3-1-4-9-22/h1-6,8-12,17,25,32H,7,13-16,18-21H2. The minimum Gasteiger partial charge on any atom is -0.387 e. The Balaban J connectivity index is 1.17. The smallest absolute Gasteiger partial charge is 0.255 e. The number of hydrogen-bond donors (Lipinski definition) is 1. The number of benzene rings is 2. The zero-order valence-electron chi connectivity index (χ0n) is 19.0. The Bertz CT molecular complexity index is 1060. The molecule has 172 valence electrons. The Morgan fingerprint density at radius 1 is 0.788 bits per heavy atom. The van der Waals surface area contributed by atoms with Gasteiger partial charge in [0, 0.05) is 56.8 Å². The van der Waals surface area contributed by atoms with E-state index in [1.807, 2.05) is 52.1 Å². The lowest BCUT2D eigenvalue weighted by Crippen LogP contribution is -2.47. The molecule has 1 N–H and O–H groups in total. The molecule has 2 aliphatic heterocycles. The van der Waals surface area contributed by atoms with Crippen LogP contribution in [-0.2, 0) is 0 Å². The second-order valence-electron chi connectivity index (χ2n) is 8.93. The fraction of sp³-hybridized carbons (Fsp3) is 0.370. The highest BCUT2D eigenvalue weighted by Gasteiger charge is 2.30. The third kappa shape index (κ3) is 4.68. The van der Waals surface area contributed by atoms with E-state index in [1.165, 1.54) is 5.69 Å². The maximum Gasteiger partial charge on any atom is 0.255 e. The Morgan fingerprint density at radius 3 is 2.15 bits per heavy atom. The fourth-order valence-corrected chi connectivity index (χ4v) is 5.03. The number of carbonyl (C=O) groups excluding carboxylic acids is 1. The maximum absolute atomic E-state index is 13.3. The van der Waals surface area contributed by atoms with Gasteiger partial charge in [-0.05, 0) is 49.7 Å². The van der Waals surface area contributed by atoms with Crippen molar-refractivity contribution in [2.45, 2.75) is 18.9 Å². The molecule has 6 nitrogen and oxygen atoms in total. The minimum atomic E-state index is -0.643. The van der Waals surface area contributed by atoms with Crippen molar-refractivity contribution in [1.82, 2.24) is 14.4 Å². The van der Waals surface area contributed by atoms with Crippen LogP contribution in [0, 0.1) is 0 Å². The number of rotatable bonds is 6. The maximum atomic E-state index is 13.3. The Morgan fingerprint density at radius 2 is 1.45 bits per heavy atom. The summed E-state index contributed by atoms with van der Waals surface area (Å²) < 4.78 is 1.95. The lowest BCUT2D eigenvalue weighted by Gasteiger charge is -2.36. The van der Waals surface area contributed by atoms with Gasteiger partial charge in [-0.2, -0.15) is 0 Å². The highest BCUT2D eigenvalue weighted by atomic mass is 16.3. The molecular weight excluding hydrogens is 412 g/mol. The predicted molar refractivity (Wildman–Crippen MR) is 131 cm³/mol. The van der Waals surface area contributed by atoms with Crippen LogP contribution in [-0.4, -0.2) is 71.2 Å². The topological polar surface area (TPSA) is 52.0 Å². The van der Waals surface area contributed by atoms with Crippen molar-refractivity contribution in [2.75, 3.05) is 50.7 Å². The summed E-state index contributed by atoms with van der Waals surface area (Å²) in [6.45, 7) is 6.47. The van der Waals surface area contributed by atoms with Crippen molar-refractivity contribution in [2.24, 2.45) is 0 Å². The minimum absolute atomic E-state index is 0.0325. The van der Waals surface area contributed by atoms with Crippen LogP contribution in [0.5, 0.6) is 0 Å². The largest absolute Gasteiger partial charge is 0.387 e. The van der Waals surface area contributed by atoms with Gasteiger partial charge in [-0.25, -0.2) is 0 Å². The number of aromatic nitrogens is 1. The molecule has 2 aliphatic rings. The second kappa shape index (κ2) is 9.81. The third-order valence-electron chi connectivity index (χ3n) is 6.86. The summed E-state index contributed by atoms with van der Waals surface area (Å²) in [7, 11) is 0. The first-order valence-electron chi connectivity index (χ1n) is 12.0. The summed E-state index contributed by atoms with van der Waals surface area (Å²) in [5.41, 5.74) is 3.60. The van der Waals surface area contributed by atoms with Gasteiger partial charge in [-0.3, -0.25) is 9.69 Å². The van der Waals surface area contributed by atoms with E-state index in [0.29, 0.717) is 24.2 Å². The zero-order chi connectivity index (χ0) is 22.6. The lowest BCUT2D eigenvalue weighted by atomic mass is 10.1. The van der Waals surface area contributed by atoms with Crippen LogP contribution in [0.3, 0.4) is 0 Å². The molecule has 1 fully saturated rings. The number of aliphatic hydroxyl groups is 1. The van der Waals surface area contributed by atoms with Gasteiger partial charge in [-0.1, -0.05) is 36.4 Å². The van der Waals surface area contributed by atoms with Crippen LogP contribution in [0.1, 0.15) is 35.0 Å². The number of carbonyl (C=O) groups is 1. The number of piperazine rings is 1. The molecule has 3 aromatic rings. The Labute approximate surface area is 195 Å². The molecule has 0 saturated carbocycles. The Hall–Kier alpha value is -3.09. The molecule has 33 heavy (non-hydrogen) atoms. The van der Waals surface area contributed by atoms with Gasteiger partial charge < -0.3 is 19.5 Å². The summed E-state index contributed by atoms with van der Waals surface area (Å²) in [5, 5.41) is 10.8. The van der Waals surface area contributed by atoms with Crippen LogP contribution in [0.25, 0.3) is 5.69 Å². The van der Waals surface area contributed by atoms with Gasteiger partial charge in [0.2, 0.25) is 0 Å². The number of nitrogens with zero attached hydrogens (tertiary/aromatic N) is 4. The van der Waals surface area contributed by atoms with E-state index in [9.17, 15) is 9.90 Å². The molecule has 1 atom stereocenters. The average Bonchev–Trinajstić information content (AvgIpc) is 3.28. The molecule has 0 bridgehead atoms. The number of amides is 1.